The van der Waals surface area contributed by atoms with E-state index in [1.807, 2.05) is 24.3 Å². The summed E-state index contributed by atoms with van der Waals surface area (Å²) in [4.78, 5) is 11.9. The van der Waals surface area contributed by atoms with Crippen molar-refractivity contribution in [2.45, 2.75) is 6.54 Å². The predicted molar refractivity (Wildman–Crippen MR) is 72.4 cm³/mol. The van der Waals surface area contributed by atoms with Gasteiger partial charge in [0.25, 0.3) is 0 Å². The Labute approximate surface area is 116 Å². The molecule has 0 amide bonds. The highest BCUT2D eigenvalue weighted by Gasteiger charge is 2.11. The normalized spacial score (nSPS) is 9.06. The second kappa shape index (κ2) is 6.67. The number of hydrogen-bond acceptors (Lipinski definition) is 2. The zero-order valence-electron chi connectivity index (χ0n) is 9.61. The molecule has 0 saturated heterocycles. The van der Waals surface area contributed by atoms with Crippen LogP contribution in [0.1, 0.15) is 15.9 Å². The molecule has 3 nitrogen and oxygen atoms in total. The predicted octanol–water partition coefficient (Wildman–Crippen LogP) is 2.31. The van der Waals surface area contributed by atoms with Crippen molar-refractivity contribution in [2.75, 3.05) is 0 Å². The number of aromatic nitrogens is 1. The third-order valence-corrected chi connectivity index (χ3v) is 2.41. The summed E-state index contributed by atoms with van der Waals surface area (Å²) in [6.07, 6.45) is 3.45. The number of nitriles is 1. The van der Waals surface area contributed by atoms with Crippen molar-refractivity contribution < 1.29 is 9.36 Å². The highest BCUT2D eigenvalue weighted by Crippen LogP contribution is 2.00. The molecule has 90 valence electrons. The van der Waals surface area contributed by atoms with E-state index in [-0.39, 0.29) is 29.3 Å². The van der Waals surface area contributed by atoms with Gasteiger partial charge in [-0.05, 0) is 6.07 Å². The van der Waals surface area contributed by atoms with Crippen LogP contribution in [-0.2, 0) is 6.54 Å². The molecule has 0 saturated carbocycles. The van der Waals surface area contributed by atoms with Crippen molar-refractivity contribution in [2.24, 2.45) is 0 Å². The maximum Gasteiger partial charge on any atom is 0.227 e. The van der Waals surface area contributed by atoms with Gasteiger partial charge in [-0.1, -0.05) is 30.3 Å². The molecule has 1 aromatic heterocycles. The molecule has 0 aliphatic rings. The number of halogens is 1. The summed E-state index contributed by atoms with van der Waals surface area (Å²) in [6.45, 7) is 0.250. The van der Waals surface area contributed by atoms with Gasteiger partial charge in [0.2, 0.25) is 12.3 Å². The summed E-state index contributed by atoms with van der Waals surface area (Å²) in [5, 5.41) is 8.76. The molecule has 0 N–H and O–H groups in total. The topological polar surface area (TPSA) is 44.7 Å². The Hall–Kier alpha value is -1.99. The fourth-order valence-corrected chi connectivity index (χ4v) is 1.57. The monoisotopic (exact) mass is 303 g/mol. The molecule has 18 heavy (non-hydrogen) atoms. The van der Waals surface area contributed by atoms with Crippen LogP contribution >= 0.6 is 17.0 Å². The molecule has 0 aliphatic carbocycles. The Balaban J connectivity index is 0.00000162. The van der Waals surface area contributed by atoms with Gasteiger partial charge in [0.05, 0.1) is 0 Å². The average molecular weight is 304 g/mol. The van der Waals surface area contributed by atoms with E-state index in [2.05, 4.69) is 0 Å². The van der Waals surface area contributed by atoms with Gasteiger partial charge < -0.3 is 0 Å². The second-order valence-corrected chi connectivity index (χ2v) is 3.67. The van der Waals surface area contributed by atoms with Gasteiger partial charge in [-0.15, -0.1) is 17.0 Å². The van der Waals surface area contributed by atoms with Gasteiger partial charge in [0, 0.05) is 11.6 Å². The van der Waals surface area contributed by atoms with Gasteiger partial charge in [-0.3, -0.25) is 4.79 Å². The highest BCUT2D eigenvalue weighted by molar-refractivity contribution is 8.93. The number of pyridine rings is 1. The van der Waals surface area contributed by atoms with Gasteiger partial charge in [-0.25, -0.2) is 0 Å². The lowest BCUT2D eigenvalue weighted by Gasteiger charge is -1.97. The first-order chi connectivity index (χ1) is 8.29. The quantitative estimate of drug-likeness (QED) is 0.645. The summed E-state index contributed by atoms with van der Waals surface area (Å²) < 4.78 is 1.72. The number of carbonyl (C=O) groups excluding carboxylic acids is 1. The number of hydrogen-bond donors (Lipinski definition) is 0. The maximum atomic E-state index is 11.9. The minimum atomic E-state index is 0. The van der Waals surface area contributed by atoms with Crippen LogP contribution < -0.4 is 4.57 Å². The molecule has 0 spiro atoms. The average Bonchev–Trinajstić information content (AvgIpc) is 2.40. The summed E-state index contributed by atoms with van der Waals surface area (Å²) >= 11 is 0. The summed E-state index contributed by atoms with van der Waals surface area (Å²) in [7, 11) is 0. The third kappa shape index (κ3) is 3.51. The number of benzene rings is 1. The Morgan fingerprint density at radius 2 is 1.89 bits per heavy atom. The summed E-state index contributed by atoms with van der Waals surface area (Å²) in [5.74, 6) is 0.0330. The molecule has 0 radical (unpaired) electrons. The Bertz CT molecular complexity index is 576. The fraction of sp³-hybridized carbons (Fsp3) is 0.0714. The number of Topliss-reactive ketones (excluding diaryl/α,β-unsaturated/α-hetero) is 1. The van der Waals surface area contributed by atoms with Crippen molar-refractivity contribution in [3.05, 3.63) is 66.0 Å². The number of carbonyl (C=O) groups is 1. The van der Waals surface area contributed by atoms with Crippen LogP contribution in [0.15, 0.2) is 54.9 Å². The minimum absolute atomic E-state index is 0. The van der Waals surface area contributed by atoms with Crippen LogP contribution in [0.4, 0.5) is 0 Å². The van der Waals surface area contributed by atoms with Crippen LogP contribution in [0.2, 0.25) is 0 Å². The van der Waals surface area contributed by atoms with Gasteiger partial charge in [-0.2, -0.15) is 9.83 Å². The minimum Gasteiger partial charge on any atom is -0.287 e. The number of ketones is 1. The summed E-state index contributed by atoms with van der Waals surface area (Å²) in [5.41, 5.74) is 1.23. The Kier molecular flexibility index (Phi) is 5.22. The molecule has 1 heterocycles. The van der Waals surface area contributed by atoms with Crippen molar-refractivity contribution in [3.8, 4) is 6.07 Å². The lowest BCUT2D eigenvalue weighted by molar-refractivity contribution is -0.683. The van der Waals surface area contributed by atoms with E-state index < -0.39 is 0 Å². The first-order valence-corrected chi connectivity index (χ1v) is 5.27. The van der Waals surface area contributed by atoms with E-state index in [1.165, 1.54) is 0 Å². The maximum absolute atomic E-state index is 11.9. The van der Waals surface area contributed by atoms with E-state index in [1.54, 1.807) is 41.2 Å². The van der Waals surface area contributed by atoms with Gasteiger partial charge in [0.1, 0.15) is 11.6 Å². The molecule has 0 bridgehead atoms. The SMILES string of the molecule is Br.N#Cc1ccc[n+](CC(=O)c2ccccc2)c1. The lowest BCUT2D eigenvalue weighted by Crippen LogP contribution is -2.37. The largest absolute Gasteiger partial charge is 0.287 e. The van der Waals surface area contributed by atoms with E-state index in [0.717, 1.165) is 0 Å². The van der Waals surface area contributed by atoms with Crippen LogP contribution in [-0.4, -0.2) is 5.78 Å². The molecule has 0 fully saturated rings. The molecule has 2 aromatic rings. The third-order valence-electron chi connectivity index (χ3n) is 2.41. The van der Waals surface area contributed by atoms with Crippen LogP contribution in [0.3, 0.4) is 0 Å². The molecular weight excluding hydrogens is 292 g/mol. The van der Waals surface area contributed by atoms with Gasteiger partial charge >= 0.3 is 0 Å². The second-order valence-electron chi connectivity index (χ2n) is 3.67. The lowest BCUT2D eigenvalue weighted by atomic mass is 10.1. The first-order valence-electron chi connectivity index (χ1n) is 5.27. The molecule has 4 heteroatoms. The van der Waals surface area contributed by atoms with Crippen molar-refractivity contribution in [3.63, 3.8) is 0 Å². The standard InChI is InChI=1S/C14H11N2O.BrH/c15-9-12-5-4-8-16(10-12)11-14(17)13-6-2-1-3-7-13;/h1-8,10H,11H2;1H/q+1;. The van der Waals surface area contributed by atoms with Gasteiger partial charge in [0.15, 0.2) is 12.4 Å². The molecule has 1 aromatic carbocycles. The molecule has 0 atom stereocenters. The van der Waals surface area contributed by atoms with E-state index in [4.69, 9.17) is 5.26 Å². The van der Waals surface area contributed by atoms with Crippen LogP contribution in [0, 0.1) is 11.3 Å². The van der Waals surface area contributed by atoms with E-state index in [0.29, 0.717) is 11.1 Å². The molecule has 0 aliphatic heterocycles. The van der Waals surface area contributed by atoms with Crippen LogP contribution in [0.5, 0.6) is 0 Å². The van der Waals surface area contributed by atoms with Crippen molar-refractivity contribution in [1.29, 1.82) is 5.26 Å². The summed E-state index contributed by atoms with van der Waals surface area (Å²) in [6, 6.07) is 14.6. The first kappa shape index (κ1) is 14.1. The van der Waals surface area contributed by atoms with Crippen molar-refractivity contribution >= 4 is 22.8 Å². The van der Waals surface area contributed by atoms with E-state index >= 15 is 0 Å². The molecule has 0 unspecified atom stereocenters. The smallest absolute Gasteiger partial charge is 0.227 e. The molecular formula is C14H12BrN2O+. The van der Waals surface area contributed by atoms with Crippen molar-refractivity contribution in [1.82, 2.24) is 0 Å². The Morgan fingerprint density at radius 3 is 2.56 bits per heavy atom. The zero-order chi connectivity index (χ0) is 12.1. The Morgan fingerprint density at radius 1 is 1.17 bits per heavy atom. The number of rotatable bonds is 3. The van der Waals surface area contributed by atoms with E-state index in [9.17, 15) is 4.79 Å². The molecule has 2 rings (SSSR count). The zero-order valence-corrected chi connectivity index (χ0v) is 11.3. The number of nitrogens with zero attached hydrogens (tertiary/aromatic N) is 2. The van der Waals surface area contributed by atoms with Crippen LogP contribution in [0.25, 0.3) is 0 Å². The highest BCUT2D eigenvalue weighted by atomic mass is 79.9. The fourth-order valence-electron chi connectivity index (χ4n) is 1.57.